The number of rotatable bonds is 8. The van der Waals surface area contributed by atoms with E-state index in [1.165, 1.54) is 6.92 Å². The highest BCUT2D eigenvalue weighted by Gasteiger charge is 1.90. The average molecular weight is 282 g/mol. The fourth-order valence-corrected chi connectivity index (χ4v) is 0.695. The number of hydrogen-bond donors (Lipinski definition) is 2. The van der Waals surface area contributed by atoms with E-state index in [1.54, 1.807) is 0 Å². The van der Waals surface area contributed by atoms with Crippen LogP contribution < -0.4 is 0 Å². The van der Waals surface area contributed by atoms with E-state index in [1.807, 2.05) is 20.8 Å². The monoisotopic (exact) mass is 282 g/mol. The van der Waals surface area contributed by atoms with Gasteiger partial charge in [-0.15, -0.1) is 0 Å². The van der Waals surface area contributed by atoms with Gasteiger partial charge in [-0.3, -0.25) is 4.79 Å². The summed E-state index contributed by atoms with van der Waals surface area (Å²) in [5.74, 6) is -0.250. The summed E-state index contributed by atoms with van der Waals surface area (Å²) in [4.78, 5) is 10.2. The van der Waals surface area contributed by atoms with Crippen LogP contribution in [-0.2, 0) is 19.0 Å². The molecule has 0 aliphatic carbocycles. The number of aliphatic hydroxyl groups excluding tert-OH is 2. The molecule has 0 aliphatic heterocycles. The van der Waals surface area contributed by atoms with E-state index in [0.717, 1.165) is 26.2 Å². The Kier molecular flexibility index (Phi) is 32.0. The molecule has 118 valence electrons. The fraction of sp³-hybridized carbons (Fsp3) is 0.923. The standard InChI is InChI=1S/C7H14O3.C4H10O.C2H6O2/c1-3-4-9-5-6-10-7(2)8;1-3-5-4-2;3-1-2-4/h3-6H2,1-2H3;3-4H2,1-2H3;3-4H,1-2H2. The molecular weight excluding hydrogens is 252 g/mol. The Morgan fingerprint density at radius 3 is 1.68 bits per heavy atom. The highest BCUT2D eigenvalue weighted by Crippen LogP contribution is 1.81. The Labute approximate surface area is 116 Å². The second-order valence-corrected chi connectivity index (χ2v) is 3.18. The van der Waals surface area contributed by atoms with Gasteiger partial charge in [0.2, 0.25) is 0 Å². The van der Waals surface area contributed by atoms with Gasteiger partial charge in [0.05, 0.1) is 19.8 Å². The summed E-state index contributed by atoms with van der Waals surface area (Å²) in [5, 5.41) is 15.2. The molecule has 0 aromatic heterocycles. The molecule has 0 radical (unpaired) electrons. The third kappa shape index (κ3) is 46.8. The van der Waals surface area contributed by atoms with Crippen LogP contribution in [0.25, 0.3) is 0 Å². The molecule has 2 N–H and O–H groups in total. The number of carbonyl (C=O) groups is 1. The normalized spacial score (nSPS) is 8.74. The minimum absolute atomic E-state index is 0.125. The van der Waals surface area contributed by atoms with Gasteiger partial charge in [-0.1, -0.05) is 6.92 Å². The summed E-state index contributed by atoms with van der Waals surface area (Å²) >= 11 is 0. The summed E-state index contributed by atoms with van der Waals surface area (Å²) in [6, 6.07) is 0. The summed E-state index contributed by atoms with van der Waals surface area (Å²) < 4.78 is 14.5. The first-order valence-electron chi connectivity index (χ1n) is 6.61. The maximum atomic E-state index is 10.2. The lowest BCUT2D eigenvalue weighted by Crippen LogP contribution is -2.07. The summed E-state index contributed by atoms with van der Waals surface area (Å²) in [6.07, 6.45) is 1.00. The Balaban J connectivity index is -0.000000238. The molecule has 6 heteroatoms. The number of esters is 1. The van der Waals surface area contributed by atoms with Gasteiger partial charge in [-0.25, -0.2) is 0 Å². The molecule has 0 saturated carbocycles. The van der Waals surface area contributed by atoms with Crippen LogP contribution in [0.5, 0.6) is 0 Å². The first kappa shape index (κ1) is 23.4. The van der Waals surface area contributed by atoms with Gasteiger partial charge in [0.25, 0.3) is 0 Å². The Morgan fingerprint density at radius 1 is 0.895 bits per heavy atom. The van der Waals surface area contributed by atoms with E-state index < -0.39 is 0 Å². The highest BCUT2D eigenvalue weighted by molar-refractivity contribution is 5.65. The van der Waals surface area contributed by atoms with Gasteiger partial charge in [-0.05, 0) is 20.3 Å². The van der Waals surface area contributed by atoms with Crippen LogP contribution in [0.2, 0.25) is 0 Å². The number of ether oxygens (including phenoxy) is 3. The van der Waals surface area contributed by atoms with E-state index in [0.29, 0.717) is 13.2 Å². The van der Waals surface area contributed by atoms with Gasteiger partial charge in [0.15, 0.2) is 0 Å². The molecule has 6 nitrogen and oxygen atoms in total. The van der Waals surface area contributed by atoms with Crippen molar-refractivity contribution >= 4 is 5.97 Å². The number of aliphatic hydroxyl groups is 2. The molecule has 0 spiro atoms. The highest BCUT2D eigenvalue weighted by atomic mass is 16.6. The summed E-state index contributed by atoms with van der Waals surface area (Å²) in [7, 11) is 0. The lowest BCUT2D eigenvalue weighted by molar-refractivity contribution is -0.142. The van der Waals surface area contributed by atoms with E-state index in [9.17, 15) is 4.79 Å². The van der Waals surface area contributed by atoms with Crippen molar-refractivity contribution in [3.63, 3.8) is 0 Å². The zero-order valence-electron chi connectivity index (χ0n) is 12.7. The lowest BCUT2D eigenvalue weighted by atomic mass is 10.5. The van der Waals surface area contributed by atoms with Crippen LogP contribution in [0.1, 0.15) is 34.1 Å². The number of hydrogen-bond acceptors (Lipinski definition) is 6. The zero-order valence-corrected chi connectivity index (χ0v) is 12.7. The molecule has 0 aromatic carbocycles. The summed E-state index contributed by atoms with van der Waals surface area (Å²) in [5.41, 5.74) is 0. The Hall–Kier alpha value is -0.690. The predicted octanol–water partition coefficient (Wildman–Crippen LogP) is 0.990. The van der Waals surface area contributed by atoms with Gasteiger partial charge < -0.3 is 24.4 Å². The van der Waals surface area contributed by atoms with Crippen molar-refractivity contribution in [2.75, 3.05) is 46.2 Å². The van der Waals surface area contributed by atoms with Crippen molar-refractivity contribution in [3.05, 3.63) is 0 Å². The fourth-order valence-electron chi connectivity index (χ4n) is 0.695. The summed E-state index contributed by atoms with van der Waals surface area (Å²) in [6.45, 7) is 10.5. The van der Waals surface area contributed by atoms with Crippen molar-refractivity contribution in [2.24, 2.45) is 0 Å². The minimum atomic E-state index is -0.250. The number of carbonyl (C=O) groups excluding carboxylic acids is 1. The van der Waals surface area contributed by atoms with Crippen molar-refractivity contribution < 1.29 is 29.2 Å². The molecule has 0 heterocycles. The topological polar surface area (TPSA) is 85.2 Å². The van der Waals surface area contributed by atoms with E-state index in [2.05, 4.69) is 4.74 Å². The van der Waals surface area contributed by atoms with Crippen molar-refractivity contribution in [1.82, 2.24) is 0 Å². The van der Waals surface area contributed by atoms with E-state index in [4.69, 9.17) is 19.7 Å². The Bertz CT molecular complexity index is 148. The van der Waals surface area contributed by atoms with Crippen LogP contribution >= 0.6 is 0 Å². The van der Waals surface area contributed by atoms with Crippen molar-refractivity contribution in [2.45, 2.75) is 34.1 Å². The molecule has 0 saturated heterocycles. The molecule has 0 amide bonds. The second-order valence-electron chi connectivity index (χ2n) is 3.18. The molecule has 0 atom stereocenters. The van der Waals surface area contributed by atoms with Crippen LogP contribution in [0.3, 0.4) is 0 Å². The van der Waals surface area contributed by atoms with Crippen molar-refractivity contribution in [1.29, 1.82) is 0 Å². The van der Waals surface area contributed by atoms with E-state index >= 15 is 0 Å². The second kappa shape index (κ2) is 26.0. The van der Waals surface area contributed by atoms with Gasteiger partial charge in [0, 0.05) is 26.7 Å². The van der Waals surface area contributed by atoms with Gasteiger partial charge in [-0.2, -0.15) is 0 Å². The molecular formula is C13H30O6. The van der Waals surface area contributed by atoms with E-state index in [-0.39, 0.29) is 19.2 Å². The first-order valence-corrected chi connectivity index (χ1v) is 6.61. The van der Waals surface area contributed by atoms with Crippen molar-refractivity contribution in [3.8, 4) is 0 Å². The van der Waals surface area contributed by atoms with Crippen LogP contribution in [0.4, 0.5) is 0 Å². The van der Waals surface area contributed by atoms with Crippen LogP contribution in [-0.4, -0.2) is 62.4 Å². The van der Waals surface area contributed by atoms with Crippen LogP contribution in [0, 0.1) is 0 Å². The molecule has 0 fully saturated rings. The zero-order chi connectivity index (χ0) is 15.4. The molecule has 19 heavy (non-hydrogen) atoms. The molecule has 0 aromatic rings. The predicted molar refractivity (Wildman–Crippen MR) is 74.1 cm³/mol. The van der Waals surface area contributed by atoms with Gasteiger partial charge in [0.1, 0.15) is 6.61 Å². The Morgan fingerprint density at radius 2 is 1.42 bits per heavy atom. The lowest BCUT2D eigenvalue weighted by Gasteiger charge is -2.01. The maximum Gasteiger partial charge on any atom is 0.302 e. The molecule has 0 rings (SSSR count). The third-order valence-corrected chi connectivity index (χ3v) is 1.39. The maximum absolute atomic E-state index is 10.2. The largest absolute Gasteiger partial charge is 0.463 e. The first-order chi connectivity index (χ1) is 9.10. The quantitative estimate of drug-likeness (QED) is 0.510. The smallest absolute Gasteiger partial charge is 0.302 e. The van der Waals surface area contributed by atoms with Gasteiger partial charge >= 0.3 is 5.97 Å². The minimum Gasteiger partial charge on any atom is -0.463 e. The van der Waals surface area contributed by atoms with Crippen LogP contribution in [0.15, 0.2) is 0 Å². The third-order valence-electron chi connectivity index (χ3n) is 1.39. The molecule has 0 aliphatic rings. The average Bonchev–Trinajstić information content (AvgIpc) is 2.40. The SMILES string of the molecule is CCCOCCOC(C)=O.CCOCC.OCCO. The molecule has 0 unspecified atom stereocenters. The molecule has 0 bridgehead atoms.